The van der Waals surface area contributed by atoms with Gasteiger partial charge in [-0.25, -0.2) is 0 Å². The first kappa shape index (κ1) is 12.8. The summed E-state index contributed by atoms with van der Waals surface area (Å²) in [7, 11) is 0. The summed E-state index contributed by atoms with van der Waals surface area (Å²) in [5, 5.41) is 8.99. The molecule has 3 unspecified atom stereocenters. The molecule has 0 aromatic heterocycles. The van der Waals surface area contributed by atoms with Crippen molar-refractivity contribution in [3.8, 4) is 0 Å². The van der Waals surface area contributed by atoms with Gasteiger partial charge in [0.15, 0.2) is 0 Å². The summed E-state index contributed by atoms with van der Waals surface area (Å²) in [6.07, 6.45) is 4.37. The second-order valence-electron chi connectivity index (χ2n) is 5.42. The van der Waals surface area contributed by atoms with Crippen LogP contribution in [0.3, 0.4) is 0 Å². The number of morpholine rings is 1. The zero-order chi connectivity index (χ0) is 12.5. The molecule has 1 aliphatic carbocycles. The molecule has 0 radical (unpaired) electrons. The molecule has 17 heavy (non-hydrogen) atoms. The molecule has 5 heteroatoms. The third-order valence-corrected chi connectivity index (χ3v) is 4.00. The number of carboxylic acid groups (broad SMARTS) is 1. The number of carbonyl (C=O) groups is 1. The van der Waals surface area contributed by atoms with E-state index in [1.54, 1.807) is 6.92 Å². The van der Waals surface area contributed by atoms with E-state index in [1.807, 2.05) is 0 Å². The van der Waals surface area contributed by atoms with Gasteiger partial charge in [0, 0.05) is 19.1 Å². The Kier molecular flexibility index (Phi) is 3.70. The molecule has 1 saturated carbocycles. The van der Waals surface area contributed by atoms with E-state index < -0.39 is 11.5 Å². The predicted molar refractivity (Wildman–Crippen MR) is 63.8 cm³/mol. The van der Waals surface area contributed by atoms with Crippen LogP contribution in [0.15, 0.2) is 0 Å². The molecule has 1 saturated heterocycles. The molecule has 3 atom stereocenters. The molecule has 2 aliphatic rings. The highest BCUT2D eigenvalue weighted by Crippen LogP contribution is 2.30. The minimum absolute atomic E-state index is 0.359. The first-order chi connectivity index (χ1) is 8.00. The van der Waals surface area contributed by atoms with Gasteiger partial charge in [-0.1, -0.05) is 0 Å². The summed E-state index contributed by atoms with van der Waals surface area (Å²) in [6.45, 7) is 4.00. The summed E-state index contributed by atoms with van der Waals surface area (Å²) < 4.78 is 5.72. The Bertz CT molecular complexity index is 293. The molecular weight excluding hydrogens is 220 g/mol. The molecule has 3 N–H and O–H groups in total. The average molecular weight is 242 g/mol. The lowest BCUT2D eigenvalue weighted by molar-refractivity contribution is -0.143. The molecule has 2 rings (SSSR count). The van der Waals surface area contributed by atoms with Crippen molar-refractivity contribution in [2.75, 3.05) is 19.7 Å². The maximum Gasteiger partial charge on any atom is 0.323 e. The second-order valence-corrected chi connectivity index (χ2v) is 5.42. The van der Waals surface area contributed by atoms with Crippen LogP contribution in [0.1, 0.15) is 32.6 Å². The third-order valence-electron chi connectivity index (χ3n) is 4.00. The lowest BCUT2D eigenvalue weighted by Crippen LogP contribution is -2.52. The topological polar surface area (TPSA) is 75.8 Å². The summed E-state index contributed by atoms with van der Waals surface area (Å²) in [4.78, 5) is 13.3. The molecule has 0 bridgehead atoms. The summed E-state index contributed by atoms with van der Waals surface area (Å²) in [6, 6.07) is 0.480. The van der Waals surface area contributed by atoms with Gasteiger partial charge in [-0.05, 0) is 32.6 Å². The quantitative estimate of drug-likeness (QED) is 0.747. The zero-order valence-electron chi connectivity index (χ0n) is 10.4. The van der Waals surface area contributed by atoms with Crippen LogP contribution in [0, 0.1) is 0 Å². The Hall–Kier alpha value is -0.650. The molecule has 98 valence electrons. The Balaban J connectivity index is 1.88. The van der Waals surface area contributed by atoms with Crippen LogP contribution in [-0.2, 0) is 9.53 Å². The molecule has 2 fully saturated rings. The van der Waals surface area contributed by atoms with Crippen molar-refractivity contribution in [2.45, 2.75) is 50.3 Å². The first-order valence-electron chi connectivity index (χ1n) is 6.38. The second kappa shape index (κ2) is 4.92. The molecule has 5 nitrogen and oxygen atoms in total. The zero-order valence-corrected chi connectivity index (χ0v) is 10.4. The Morgan fingerprint density at radius 1 is 1.59 bits per heavy atom. The largest absolute Gasteiger partial charge is 0.480 e. The SMILES string of the molecule is CC(N)(CCN1CCOC2CCCC21)C(=O)O. The minimum Gasteiger partial charge on any atom is -0.480 e. The minimum atomic E-state index is -1.12. The van der Waals surface area contributed by atoms with E-state index in [0.29, 0.717) is 18.6 Å². The van der Waals surface area contributed by atoms with E-state index in [0.717, 1.165) is 26.1 Å². The van der Waals surface area contributed by atoms with Crippen LogP contribution in [-0.4, -0.2) is 53.4 Å². The Morgan fingerprint density at radius 3 is 3.06 bits per heavy atom. The van der Waals surface area contributed by atoms with Crippen molar-refractivity contribution in [1.82, 2.24) is 4.90 Å². The lowest BCUT2D eigenvalue weighted by atomic mass is 9.98. The number of rotatable bonds is 4. The summed E-state index contributed by atoms with van der Waals surface area (Å²) in [5.41, 5.74) is 4.64. The monoisotopic (exact) mass is 242 g/mol. The maximum absolute atomic E-state index is 11.0. The van der Waals surface area contributed by atoms with Crippen LogP contribution in [0.4, 0.5) is 0 Å². The number of fused-ring (bicyclic) bond motifs is 1. The molecule has 1 aliphatic heterocycles. The fourth-order valence-corrected chi connectivity index (χ4v) is 2.77. The average Bonchev–Trinajstić information content (AvgIpc) is 2.74. The molecule has 0 spiro atoms. The van der Waals surface area contributed by atoms with Gasteiger partial charge in [0.2, 0.25) is 0 Å². The van der Waals surface area contributed by atoms with Crippen LogP contribution in [0.2, 0.25) is 0 Å². The van der Waals surface area contributed by atoms with Gasteiger partial charge >= 0.3 is 5.97 Å². The molecular formula is C12H22N2O3. The third kappa shape index (κ3) is 2.78. The number of nitrogens with two attached hydrogens (primary N) is 1. The van der Waals surface area contributed by atoms with Crippen molar-refractivity contribution in [3.05, 3.63) is 0 Å². The van der Waals surface area contributed by atoms with Crippen LogP contribution < -0.4 is 5.73 Å². The summed E-state index contributed by atoms with van der Waals surface area (Å²) in [5.74, 6) is -0.922. The van der Waals surface area contributed by atoms with Crippen molar-refractivity contribution >= 4 is 5.97 Å². The standard InChI is InChI=1S/C12H22N2O3/c1-12(13,11(15)16)5-6-14-7-8-17-10-4-2-3-9(10)14/h9-10H,2-8,13H2,1H3,(H,15,16). The molecule has 0 amide bonds. The van der Waals surface area contributed by atoms with E-state index >= 15 is 0 Å². The predicted octanol–water partition coefficient (Wildman–Crippen LogP) is 0.432. The van der Waals surface area contributed by atoms with Gasteiger partial charge in [-0.2, -0.15) is 0 Å². The van der Waals surface area contributed by atoms with Gasteiger partial charge < -0.3 is 15.6 Å². The van der Waals surface area contributed by atoms with Crippen LogP contribution in [0.5, 0.6) is 0 Å². The number of aliphatic carboxylic acids is 1. The van der Waals surface area contributed by atoms with E-state index in [-0.39, 0.29) is 0 Å². The number of hydrogen-bond donors (Lipinski definition) is 2. The fraction of sp³-hybridized carbons (Fsp3) is 0.917. The van der Waals surface area contributed by atoms with Crippen molar-refractivity contribution in [3.63, 3.8) is 0 Å². The van der Waals surface area contributed by atoms with Gasteiger partial charge in [0.25, 0.3) is 0 Å². The van der Waals surface area contributed by atoms with E-state index in [9.17, 15) is 4.79 Å². The molecule has 1 heterocycles. The van der Waals surface area contributed by atoms with Crippen molar-refractivity contribution < 1.29 is 14.6 Å². The van der Waals surface area contributed by atoms with Gasteiger partial charge in [0.05, 0.1) is 12.7 Å². The first-order valence-corrected chi connectivity index (χ1v) is 6.38. The van der Waals surface area contributed by atoms with Gasteiger partial charge in [0.1, 0.15) is 5.54 Å². The Morgan fingerprint density at radius 2 is 2.35 bits per heavy atom. The highest BCUT2D eigenvalue weighted by atomic mass is 16.5. The normalized spacial score (nSPS) is 33.1. The number of ether oxygens (including phenoxy) is 1. The van der Waals surface area contributed by atoms with Crippen LogP contribution >= 0.6 is 0 Å². The Labute approximate surface area is 102 Å². The summed E-state index contributed by atoms with van der Waals surface area (Å²) >= 11 is 0. The highest BCUT2D eigenvalue weighted by molar-refractivity contribution is 5.77. The van der Waals surface area contributed by atoms with Crippen LogP contribution in [0.25, 0.3) is 0 Å². The van der Waals surface area contributed by atoms with Gasteiger partial charge in [-0.15, -0.1) is 0 Å². The number of nitrogens with zero attached hydrogens (tertiary/aromatic N) is 1. The molecule has 0 aromatic rings. The maximum atomic E-state index is 11.0. The van der Waals surface area contributed by atoms with Gasteiger partial charge in [-0.3, -0.25) is 9.69 Å². The van der Waals surface area contributed by atoms with Crippen molar-refractivity contribution in [2.24, 2.45) is 5.73 Å². The van der Waals surface area contributed by atoms with Crippen molar-refractivity contribution in [1.29, 1.82) is 0 Å². The molecule has 0 aromatic carbocycles. The smallest absolute Gasteiger partial charge is 0.323 e. The number of carboxylic acids is 1. The highest BCUT2D eigenvalue weighted by Gasteiger charge is 2.37. The van der Waals surface area contributed by atoms with E-state index in [1.165, 1.54) is 12.8 Å². The number of hydrogen-bond acceptors (Lipinski definition) is 4. The van der Waals surface area contributed by atoms with E-state index in [2.05, 4.69) is 4.90 Å². The lowest BCUT2D eigenvalue weighted by Gasteiger charge is -2.38. The van der Waals surface area contributed by atoms with E-state index in [4.69, 9.17) is 15.6 Å². The fourth-order valence-electron chi connectivity index (χ4n) is 2.77.